The van der Waals surface area contributed by atoms with E-state index in [0.29, 0.717) is 31.2 Å². The monoisotopic (exact) mass is 540 g/mol. The number of benzene rings is 2. The number of nitrogens with two attached hydrogens (primary N) is 1. The minimum atomic E-state index is -4.41. The van der Waals surface area contributed by atoms with Crippen molar-refractivity contribution in [2.45, 2.75) is 32.7 Å². The number of aliphatic imine (C=N–C) groups is 2. The fraction of sp³-hybridized carbons (Fsp3) is 0.296. The van der Waals surface area contributed by atoms with Crippen molar-refractivity contribution in [2.24, 2.45) is 15.7 Å². The Kier molecular flexibility index (Phi) is 8.99. The average Bonchev–Trinajstić information content (AvgIpc) is 3.46. The molecule has 4 rings (SSSR count). The zero-order valence-electron chi connectivity index (χ0n) is 21.7. The highest BCUT2D eigenvalue weighted by Crippen LogP contribution is 2.28. The molecule has 2 heterocycles. The maximum atomic E-state index is 12.8. The summed E-state index contributed by atoms with van der Waals surface area (Å²) >= 11 is 0. The topological polar surface area (TPSA) is 112 Å². The minimum Gasteiger partial charge on any atom is -0.494 e. The fourth-order valence-corrected chi connectivity index (χ4v) is 3.92. The van der Waals surface area contributed by atoms with Gasteiger partial charge in [0.15, 0.2) is 0 Å². The molecule has 0 amide bonds. The fourth-order valence-electron chi connectivity index (χ4n) is 3.92. The SMILES string of the molecule is CCOc1ccc(-c2ccc(NC=NCc3ccc(N4CN=CN4)cc3)c(C(N)NCC(F)(F)F)n2)cc1C. The molecule has 5 N–H and O–H groups in total. The summed E-state index contributed by atoms with van der Waals surface area (Å²) in [5, 5.41) is 7.23. The van der Waals surface area contributed by atoms with E-state index in [9.17, 15) is 13.2 Å². The molecule has 206 valence electrons. The maximum absolute atomic E-state index is 12.8. The van der Waals surface area contributed by atoms with Crippen LogP contribution in [0, 0.1) is 6.92 Å². The van der Waals surface area contributed by atoms with Gasteiger partial charge in [0.1, 0.15) is 24.9 Å². The average molecular weight is 541 g/mol. The molecule has 1 aliphatic heterocycles. The molecule has 0 fully saturated rings. The molecule has 0 radical (unpaired) electrons. The largest absolute Gasteiger partial charge is 0.494 e. The number of hydrazine groups is 1. The summed E-state index contributed by atoms with van der Waals surface area (Å²) in [6.07, 6.45) is -2.45. The van der Waals surface area contributed by atoms with E-state index in [2.05, 4.69) is 31.0 Å². The molecule has 0 bridgehead atoms. The lowest BCUT2D eigenvalue weighted by Crippen LogP contribution is -2.37. The van der Waals surface area contributed by atoms with E-state index in [4.69, 9.17) is 10.5 Å². The van der Waals surface area contributed by atoms with Gasteiger partial charge in [-0.2, -0.15) is 13.2 Å². The molecule has 1 aliphatic rings. The number of halogens is 3. The van der Waals surface area contributed by atoms with Crippen molar-refractivity contribution in [2.75, 3.05) is 30.1 Å². The van der Waals surface area contributed by atoms with E-state index in [1.54, 1.807) is 18.5 Å². The number of ether oxygens (including phenoxy) is 1. The van der Waals surface area contributed by atoms with E-state index in [1.807, 2.05) is 61.3 Å². The molecule has 2 aromatic carbocycles. The first-order valence-corrected chi connectivity index (χ1v) is 12.4. The minimum absolute atomic E-state index is 0.236. The Morgan fingerprint density at radius 2 is 1.97 bits per heavy atom. The third-order valence-corrected chi connectivity index (χ3v) is 5.87. The summed E-state index contributed by atoms with van der Waals surface area (Å²) < 4.78 is 44.1. The Balaban J connectivity index is 1.49. The van der Waals surface area contributed by atoms with Crippen molar-refractivity contribution in [3.63, 3.8) is 0 Å². The van der Waals surface area contributed by atoms with Crippen molar-refractivity contribution in [3.8, 4) is 17.0 Å². The van der Waals surface area contributed by atoms with Crippen LogP contribution in [0.4, 0.5) is 24.5 Å². The summed E-state index contributed by atoms with van der Waals surface area (Å²) in [4.78, 5) is 13.1. The van der Waals surface area contributed by atoms with Crippen LogP contribution < -0.4 is 31.5 Å². The number of aryl methyl sites for hydroxylation is 1. The molecular formula is C27H31F3N8O. The molecular weight excluding hydrogens is 509 g/mol. The molecule has 0 aliphatic carbocycles. The normalized spacial score (nSPS) is 14.1. The van der Waals surface area contributed by atoms with Crippen LogP contribution in [0.5, 0.6) is 5.75 Å². The van der Waals surface area contributed by atoms with Crippen LogP contribution in [0.3, 0.4) is 0 Å². The van der Waals surface area contributed by atoms with E-state index in [-0.39, 0.29) is 5.69 Å². The molecule has 1 atom stereocenters. The Labute approximate surface area is 225 Å². The van der Waals surface area contributed by atoms with Crippen molar-refractivity contribution in [1.29, 1.82) is 0 Å². The predicted octanol–water partition coefficient (Wildman–Crippen LogP) is 4.52. The summed E-state index contributed by atoms with van der Waals surface area (Å²) in [5.41, 5.74) is 14.1. The lowest BCUT2D eigenvalue weighted by atomic mass is 10.1. The molecule has 1 unspecified atom stereocenters. The van der Waals surface area contributed by atoms with Gasteiger partial charge in [-0.05, 0) is 67.4 Å². The Bertz CT molecular complexity index is 1300. The number of hydrogen-bond acceptors (Lipinski definition) is 8. The van der Waals surface area contributed by atoms with E-state index < -0.39 is 18.9 Å². The molecule has 0 spiro atoms. The molecule has 0 saturated carbocycles. The zero-order valence-corrected chi connectivity index (χ0v) is 21.7. The van der Waals surface area contributed by atoms with Gasteiger partial charge in [0.25, 0.3) is 0 Å². The van der Waals surface area contributed by atoms with Gasteiger partial charge in [0.2, 0.25) is 0 Å². The van der Waals surface area contributed by atoms with Gasteiger partial charge in [-0.25, -0.2) is 4.98 Å². The standard InChI is InChI=1S/C27H31F3N8O/c1-3-39-24-11-6-20(12-18(24)2)22-9-10-23(25(37-22)26(31)34-14-27(28,29)30)35-15-32-13-19-4-7-21(8-5-19)38-17-33-16-36-38/h4-12,15-16,26,34H,3,13-14,17,31H2,1-2H3,(H,32,35)(H,33,36). The van der Waals surface area contributed by atoms with Gasteiger partial charge in [-0.15, -0.1) is 0 Å². The number of aromatic nitrogens is 1. The number of pyridine rings is 1. The Morgan fingerprint density at radius 3 is 2.64 bits per heavy atom. The number of nitrogens with zero attached hydrogens (tertiary/aromatic N) is 4. The molecule has 3 aromatic rings. The van der Waals surface area contributed by atoms with Gasteiger partial charge >= 0.3 is 6.18 Å². The zero-order chi connectivity index (χ0) is 27.8. The first-order valence-electron chi connectivity index (χ1n) is 12.4. The number of anilines is 2. The van der Waals surface area contributed by atoms with Crippen molar-refractivity contribution >= 4 is 24.1 Å². The highest BCUT2D eigenvalue weighted by atomic mass is 19.4. The number of hydrogen-bond donors (Lipinski definition) is 4. The summed E-state index contributed by atoms with van der Waals surface area (Å²) in [6.45, 7) is 4.08. The van der Waals surface area contributed by atoms with Crippen LogP contribution in [0.15, 0.2) is 64.6 Å². The Hall–Kier alpha value is -4.16. The van der Waals surface area contributed by atoms with Crippen LogP contribution in [0.1, 0.15) is 29.9 Å². The molecule has 1 aromatic heterocycles. The smallest absolute Gasteiger partial charge is 0.401 e. The molecule has 39 heavy (non-hydrogen) atoms. The van der Waals surface area contributed by atoms with Crippen molar-refractivity contribution < 1.29 is 17.9 Å². The van der Waals surface area contributed by atoms with Gasteiger partial charge < -0.3 is 15.8 Å². The van der Waals surface area contributed by atoms with Crippen LogP contribution in [-0.2, 0) is 6.54 Å². The summed E-state index contributed by atoms with van der Waals surface area (Å²) in [7, 11) is 0. The van der Waals surface area contributed by atoms with Gasteiger partial charge in [-0.3, -0.25) is 25.7 Å². The second-order valence-corrected chi connectivity index (χ2v) is 8.81. The maximum Gasteiger partial charge on any atom is 0.401 e. The van der Waals surface area contributed by atoms with E-state index >= 15 is 0 Å². The lowest BCUT2D eigenvalue weighted by molar-refractivity contribution is -0.126. The number of nitrogens with one attached hydrogen (secondary N) is 3. The third kappa shape index (κ3) is 7.68. The number of alkyl halides is 3. The Morgan fingerprint density at radius 1 is 1.18 bits per heavy atom. The van der Waals surface area contributed by atoms with E-state index in [1.165, 1.54) is 6.34 Å². The van der Waals surface area contributed by atoms with E-state index in [0.717, 1.165) is 28.1 Å². The van der Waals surface area contributed by atoms with Crippen LogP contribution in [0.25, 0.3) is 11.3 Å². The van der Waals surface area contributed by atoms with Gasteiger partial charge in [0, 0.05) is 5.56 Å². The summed E-state index contributed by atoms with van der Waals surface area (Å²) in [5.74, 6) is 0.760. The quantitative estimate of drug-likeness (QED) is 0.161. The first-order chi connectivity index (χ1) is 18.7. The molecule has 0 saturated heterocycles. The van der Waals surface area contributed by atoms with Crippen molar-refractivity contribution in [1.82, 2.24) is 15.7 Å². The van der Waals surface area contributed by atoms with Gasteiger partial charge in [-0.1, -0.05) is 12.1 Å². The van der Waals surface area contributed by atoms with Crippen LogP contribution >= 0.6 is 0 Å². The molecule has 12 heteroatoms. The van der Waals surface area contributed by atoms with Crippen LogP contribution in [0.2, 0.25) is 0 Å². The number of rotatable bonds is 11. The lowest BCUT2D eigenvalue weighted by Gasteiger charge is -2.19. The third-order valence-electron chi connectivity index (χ3n) is 5.87. The summed E-state index contributed by atoms with van der Waals surface area (Å²) in [6, 6.07) is 17.0. The highest BCUT2D eigenvalue weighted by molar-refractivity contribution is 5.78. The highest BCUT2D eigenvalue weighted by Gasteiger charge is 2.28. The second-order valence-electron chi connectivity index (χ2n) is 8.81. The second kappa shape index (κ2) is 12.6. The first kappa shape index (κ1) is 27.9. The van der Waals surface area contributed by atoms with Crippen molar-refractivity contribution in [3.05, 3.63) is 71.4 Å². The molecule has 9 nitrogen and oxygen atoms in total. The van der Waals surface area contributed by atoms with Gasteiger partial charge in [0.05, 0.1) is 48.8 Å². The van der Waals surface area contributed by atoms with Crippen LogP contribution in [-0.4, -0.2) is 43.7 Å². The predicted molar refractivity (Wildman–Crippen MR) is 148 cm³/mol.